The fourth-order valence-electron chi connectivity index (χ4n) is 3.79. The molecule has 4 nitrogen and oxygen atoms in total. The van der Waals surface area contributed by atoms with E-state index in [1.165, 1.54) is 35.2 Å². The molecule has 3 aromatic rings. The highest BCUT2D eigenvalue weighted by Gasteiger charge is 2.35. The summed E-state index contributed by atoms with van der Waals surface area (Å²) >= 11 is 6.11. The van der Waals surface area contributed by atoms with E-state index in [9.17, 15) is 27.2 Å². The normalized spacial score (nSPS) is 15.0. The number of benzene rings is 3. The summed E-state index contributed by atoms with van der Waals surface area (Å²) in [6.07, 6.45) is 0. The van der Waals surface area contributed by atoms with Crippen molar-refractivity contribution < 1.29 is 27.2 Å². The molecule has 0 aromatic heterocycles. The molecule has 1 unspecified atom stereocenters. The Balaban J connectivity index is 1.59. The van der Waals surface area contributed by atoms with Crippen molar-refractivity contribution in [1.82, 2.24) is 5.32 Å². The fraction of sp³-hybridized carbons (Fsp3) is 0.167. The molecule has 0 saturated carbocycles. The van der Waals surface area contributed by atoms with E-state index < -0.39 is 47.2 Å². The van der Waals surface area contributed by atoms with E-state index in [1.807, 2.05) is 0 Å². The highest BCUT2D eigenvalue weighted by molar-refractivity contribution is 6.31. The first-order valence-corrected chi connectivity index (χ1v) is 10.3. The Bertz CT molecular complexity index is 1240. The van der Waals surface area contributed by atoms with Crippen LogP contribution in [-0.2, 0) is 17.9 Å². The number of hydrogen-bond donors (Lipinski definition) is 1. The van der Waals surface area contributed by atoms with Crippen LogP contribution in [0, 0.1) is 23.3 Å². The van der Waals surface area contributed by atoms with E-state index in [0.29, 0.717) is 23.4 Å². The summed E-state index contributed by atoms with van der Waals surface area (Å²) in [5.74, 6) is -5.30. The summed E-state index contributed by atoms with van der Waals surface area (Å²) in [6, 6.07) is 9.81. The highest BCUT2D eigenvalue weighted by Crippen LogP contribution is 2.39. The van der Waals surface area contributed by atoms with Gasteiger partial charge in [0.25, 0.3) is 5.91 Å². The molecule has 0 saturated heterocycles. The third-order valence-electron chi connectivity index (χ3n) is 5.60. The van der Waals surface area contributed by atoms with Crippen molar-refractivity contribution in [3.8, 4) is 0 Å². The molecule has 170 valence electrons. The summed E-state index contributed by atoms with van der Waals surface area (Å²) in [5.41, 5.74) is 0.858. The quantitative estimate of drug-likeness (QED) is 0.496. The first-order chi connectivity index (χ1) is 15.7. The predicted molar refractivity (Wildman–Crippen MR) is 115 cm³/mol. The number of rotatable bonds is 5. The minimum Gasteiger partial charge on any atom is -0.348 e. The smallest absolute Gasteiger partial charge is 0.251 e. The third kappa shape index (κ3) is 4.30. The number of fused-ring (bicyclic) bond motifs is 1. The molecule has 1 N–H and O–H groups in total. The Morgan fingerprint density at radius 1 is 1.00 bits per heavy atom. The molecule has 0 spiro atoms. The first-order valence-electron chi connectivity index (χ1n) is 9.97. The molecule has 1 aliphatic rings. The Hall–Kier alpha value is -3.39. The summed E-state index contributed by atoms with van der Waals surface area (Å²) in [7, 11) is 0. The molecule has 1 atom stereocenters. The molecule has 0 bridgehead atoms. The zero-order chi connectivity index (χ0) is 23.9. The topological polar surface area (TPSA) is 49.4 Å². The van der Waals surface area contributed by atoms with Crippen LogP contribution in [0.1, 0.15) is 39.9 Å². The average Bonchev–Trinajstić information content (AvgIpc) is 2.99. The highest BCUT2D eigenvalue weighted by atomic mass is 35.5. The summed E-state index contributed by atoms with van der Waals surface area (Å²) < 4.78 is 55.0. The van der Waals surface area contributed by atoms with E-state index in [0.717, 1.165) is 0 Å². The van der Waals surface area contributed by atoms with Gasteiger partial charge in [0.05, 0.1) is 12.5 Å². The van der Waals surface area contributed by atoms with Crippen molar-refractivity contribution in [3.63, 3.8) is 0 Å². The number of halogens is 5. The van der Waals surface area contributed by atoms with E-state index in [1.54, 1.807) is 13.0 Å². The molecule has 0 fully saturated rings. The van der Waals surface area contributed by atoms with Gasteiger partial charge in [-0.05, 0) is 36.8 Å². The second kappa shape index (κ2) is 8.86. The maximum Gasteiger partial charge on any atom is 0.251 e. The lowest BCUT2D eigenvalue weighted by Crippen LogP contribution is -2.28. The molecule has 1 aliphatic heterocycles. The lowest BCUT2D eigenvalue weighted by molar-refractivity contribution is -0.119. The Kier molecular flexibility index (Phi) is 6.12. The van der Waals surface area contributed by atoms with Gasteiger partial charge in [-0.15, -0.1) is 0 Å². The second-order valence-electron chi connectivity index (χ2n) is 7.65. The fourth-order valence-corrected chi connectivity index (χ4v) is 4.01. The van der Waals surface area contributed by atoms with Crippen molar-refractivity contribution in [2.45, 2.75) is 25.9 Å². The van der Waals surface area contributed by atoms with Gasteiger partial charge in [0.1, 0.15) is 23.3 Å². The van der Waals surface area contributed by atoms with E-state index >= 15 is 0 Å². The number of hydrogen-bond acceptors (Lipinski definition) is 2. The molecule has 9 heteroatoms. The molecule has 0 radical (unpaired) electrons. The van der Waals surface area contributed by atoms with Crippen LogP contribution in [0.3, 0.4) is 0 Å². The monoisotopic (exact) mass is 476 g/mol. The minimum absolute atomic E-state index is 0.126. The average molecular weight is 477 g/mol. The van der Waals surface area contributed by atoms with Gasteiger partial charge in [0.2, 0.25) is 5.91 Å². The largest absolute Gasteiger partial charge is 0.348 e. The zero-order valence-electron chi connectivity index (χ0n) is 17.3. The lowest BCUT2D eigenvalue weighted by Gasteiger charge is -2.19. The molecule has 2 amide bonds. The number of carbonyl (C=O) groups is 2. The van der Waals surface area contributed by atoms with Gasteiger partial charge in [0, 0.05) is 46.1 Å². The molecule has 0 aliphatic carbocycles. The van der Waals surface area contributed by atoms with Gasteiger partial charge in [0.15, 0.2) is 0 Å². The molecule has 4 rings (SSSR count). The second-order valence-corrected chi connectivity index (χ2v) is 8.06. The first kappa shape index (κ1) is 22.8. The third-order valence-corrected chi connectivity index (χ3v) is 5.95. The summed E-state index contributed by atoms with van der Waals surface area (Å²) in [6.45, 7) is 1.07. The van der Waals surface area contributed by atoms with Crippen LogP contribution < -0.4 is 10.2 Å². The van der Waals surface area contributed by atoms with Crippen LogP contribution in [0.4, 0.5) is 23.2 Å². The van der Waals surface area contributed by atoms with Gasteiger partial charge in [-0.3, -0.25) is 9.59 Å². The van der Waals surface area contributed by atoms with Crippen LogP contribution in [0.15, 0.2) is 48.5 Å². The van der Waals surface area contributed by atoms with Gasteiger partial charge < -0.3 is 10.2 Å². The van der Waals surface area contributed by atoms with Gasteiger partial charge in [-0.2, -0.15) is 0 Å². The number of carbonyl (C=O) groups excluding carboxylic acids is 2. The number of nitrogens with zero attached hydrogens (tertiary/aromatic N) is 1. The SMILES string of the molecule is CC1C(=O)N(Cc2c(F)cccc2Cl)c2cc(C(=O)NCc3c(F)cc(F)cc3F)ccc21. The molecule has 3 aromatic carbocycles. The van der Waals surface area contributed by atoms with Crippen molar-refractivity contribution in [3.05, 3.63) is 99.1 Å². The molecule has 1 heterocycles. The Morgan fingerprint density at radius 3 is 2.36 bits per heavy atom. The maximum absolute atomic E-state index is 14.3. The van der Waals surface area contributed by atoms with Crippen LogP contribution in [0.25, 0.3) is 0 Å². The minimum atomic E-state index is -1.12. The Labute approximate surface area is 191 Å². The molecule has 33 heavy (non-hydrogen) atoms. The van der Waals surface area contributed by atoms with Crippen LogP contribution >= 0.6 is 11.6 Å². The van der Waals surface area contributed by atoms with Gasteiger partial charge in [-0.1, -0.05) is 23.7 Å². The van der Waals surface area contributed by atoms with Gasteiger partial charge >= 0.3 is 0 Å². The van der Waals surface area contributed by atoms with Crippen molar-refractivity contribution in [2.24, 2.45) is 0 Å². The van der Waals surface area contributed by atoms with Crippen LogP contribution in [0.2, 0.25) is 5.02 Å². The van der Waals surface area contributed by atoms with Crippen LogP contribution in [-0.4, -0.2) is 11.8 Å². The number of nitrogens with one attached hydrogen (secondary N) is 1. The summed E-state index contributed by atoms with van der Waals surface area (Å²) in [4.78, 5) is 26.8. The van der Waals surface area contributed by atoms with E-state index in [2.05, 4.69) is 5.32 Å². The van der Waals surface area contributed by atoms with Crippen molar-refractivity contribution in [1.29, 1.82) is 0 Å². The Morgan fingerprint density at radius 2 is 1.70 bits per heavy atom. The van der Waals surface area contributed by atoms with E-state index in [4.69, 9.17) is 11.6 Å². The number of anilines is 1. The zero-order valence-corrected chi connectivity index (χ0v) is 18.0. The summed E-state index contributed by atoms with van der Waals surface area (Å²) in [5, 5.41) is 2.55. The van der Waals surface area contributed by atoms with Gasteiger partial charge in [-0.25, -0.2) is 17.6 Å². The lowest BCUT2D eigenvalue weighted by atomic mass is 10.0. The van der Waals surface area contributed by atoms with E-state index in [-0.39, 0.29) is 28.6 Å². The van der Waals surface area contributed by atoms with Crippen molar-refractivity contribution in [2.75, 3.05) is 4.90 Å². The van der Waals surface area contributed by atoms with Crippen LogP contribution in [0.5, 0.6) is 0 Å². The predicted octanol–water partition coefficient (Wildman–Crippen LogP) is 5.48. The number of amides is 2. The molecular weight excluding hydrogens is 460 g/mol. The molecular formula is C24H17ClF4N2O2. The maximum atomic E-state index is 14.3. The standard InChI is InChI=1S/C24H17ClF4N2O2/c1-12-15-6-5-13(23(32)30-10-16-20(28)8-14(26)9-21(16)29)7-22(15)31(24(12)33)11-17-18(25)3-2-4-19(17)27/h2-9,12H,10-11H2,1H3,(H,30,32). The van der Waals surface area contributed by atoms with Crippen molar-refractivity contribution >= 4 is 29.1 Å².